The Kier molecular flexibility index (Phi) is 6.03. The van der Waals surface area contributed by atoms with Crippen LogP contribution in [0.15, 0.2) is 0 Å². The molecule has 1 aliphatic rings. The first kappa shape index (κ1) is 12.7. The molecule has 2 atom stereocenters. The zero-order chi connectivity index (χ0) is 8.97. The number of hydrogen-bond donors (Lipinski definition) is 3. The highest BCUT2D eigenvalue weighted by atomic mass is 35.5. The lowest BCUT2D eigenvalue weighted by molar-refractivity contribution is -0.124. The zero-order valence-corrected chi connectivity index (χ0v) is 8.69. The molecule has 0 aliphatic carbocycles. The number of amides is 1. The Balaban J connectivity index is 0.00000144. The fourth-order valence-corrected chi connectivity index (χ4v) is 1.30. The van der Waals surface area contributed by atoms with Gasteiger partial charge in [0.15, 0.2) is 0 Å². The lowest BCUT2D eigenvalue weighted by atomic mass is 10.1. The highest BCUT2D eigenvalue weighted by Crippen LogP contribution is 2.06. The standard InChI is InChI=1S/C8H17N3O.ClH/c1-6(4-9)11-8(12)7-2-3-10-5-7;/h6-7,10H,2-5,9H2,1H3,(H,11,12);1H/t6-,7?;/m1./s1. The second-order valence-electron chi connectivity index (χ2n) is 3.34. The molecule has 0 aromatic heterocycles. The van der Waals surface area contributed by atoms with E-state index in [0.717, 1.165) is 19.5 Å². The molecule has 78 valence electrons. The number of nitrogens with one attached hydrogen (secondary N) is 2. The Morgan fingerprint density at radius 2 is 2.46 bits per heavy atom. The van der Waals surface area contributed by atoms with Crippen LogP contribution in [0.5, 0.6) is 0 Å². The largest absolute Gasteiger partial charge is 0.352 e. The van der Waals surface area contributed by atoms with Gasteiger partial charge in [-0.25, -0.2) is 0 Å². The van der Waals surface area contributed by atoms with E-state index < -0.39 is 0 Å². The fourth-order valence-electron chi connectivity index (χ4n) is 1.30. The minimum atomic E-state index is 0. The Bertz CT molecular complexity index is 159. The second-order valence-corrected chi connectivity index (χ2v) is 3.34. The summed E-state index contributed by atoms with van der Waals surface area (Å²) in [5.74, 6) is 0.289. The molecule has 0 bridgehead atoms. The molecular weight excluding hydrogens is 190 g/mol. The molecule has 1 rings (SSSR count). The van der Waals surface area contributed by atoms with Crippen LogP contribution >= 0.6 is 12.4 Å². The molecule has 13 heavy (non-hydrogen) atoms. The molecule has 0 saturated carbocycles. The molecule has 4 nitrogen and oxygen atoms in total. The first-order valence-electron chi connectivity index (χ1n) is 4.45. The minimum Gasteiger partial charge on any atom is -0.352 e. The molecular formula is C8H18ClN3O. The van der Waals surface area contributed by atoms with Crippen LogP contribution in [0, 0.1) is 5.92 Å². The summed E-state index contributed by atoms with van der Waals surface area (Å²) in [6, 6.07) is 0.0955. The number of rotatable bonds is 3. The lowest BCUT2D eigenvalue weighted by Gasteiger charge is -2.14. The minimum absolute atomic E-state index is 0. The molecule has 0 aromatic rings. The van der Waals surface area contributed by atoms with Crippen LogP contribution in [0.25, 0.3) is 0 Å². The first-order valence-corrected chi connectivity index (χ1v) is 4.45. The van der Waals surface area contributed by atoms with Crippen LogP contribution in [-0.2, 0) is 4.79 Å². The number of carbonyl (C=O) groups is 1. The molecule has 0 radical (unpaired) electrons. The average Bonchev–Trinajstić information content (AvgIpc) is 2.56. The van der Waals surface area contributed by atoms with E-state index in [1.165, 1.54) is 0 Å². The fraction of sp³-hybridized carbons (Fsp3) is 0.875. The van der Waals surface area contributed by atoms with E-state index in [2.05, 4.69) is 10.6 Å². The summed E-state index contributed by atoms with van der Waals surface area (Å²) in [6.45, 7) is 4.18. The molecule has 1 amide bonds. The van der Waals surface area contributed by atoms with Crippen LogP contribution in [0.2, 0.25) is 0 Å². The highest BCUT2D eigenvalue weighted by Gasteiger charge is 2.22. The predicted molar refractivity (Wildman–Crippen MR) is 54.9 cm³/mol. The first-order chi connectivity index (χ1) is 5.74. The van der Waals surface area contributed by atoms with Crippen molar-refractivity contribution in [2.75, 3.05) is 19.6 Å². The number of hydrogen-bond acceptors (Lipinski definition) is 3. The Hall–Kier alpha value is -0.320. The van der Waals surface area contributed by atoms with Gasteiger partial charge in [0.1, 0.15) is 0 Å². The van der Waals surface area contributed by atoms with Gasteiger partial charge in [0.05, 0.1) is 5.92 Å². The van der Waals surface area contributed by atoms with Crippen molar-refractivity contribution in [3.63, 3.8) is 0 Å². The van der Waals surface area contributed by atoms with Crippen molar-refractivity contribution in [3.8, 4) is 0 Å². The van der Waals surface area contributed by atoms with E-state index in [4.69, 9.17) is 5.73 Å². The smallest absolute Gasteiger partial charge is 0.224 e. The van der Waals surface area contributed by atoms with Crippen LogP contribution in [-0.4, -0.2) is 31.6 Å². The van der Waals surface area contributed by atoms with Gasteiger partial charge in [-0.05, 0) is 19.9 Å². The van der Waals surface area contributed by atoms with E-state index in [1.807, 2.05) is 6.92 Å². The van der Waals surface area contributed by atoms with Crippen molar-refractivity contribution in [2.24, 2.45) is 11.7 Å². The van der Waals surface area contributed by atoms with Gasteiger partial charge in [-0.1, -0.05) is 0 Å². The van der Waals surface area contributed by atoms with Crippen molar-refractivity contribution >= 4 is 18.3 Å². The topological polar surface area (TPSA) is 67.1 Å². The van der Waals surface area contributed by atoms with Crippen molar-refractivity contribution < 1.29 is 4.79 Å². The summed E-state index contributed by atoms with van der Waals surface area (Å²) in [4.78, 5) is 11.4. The van der Waals surface area contributed by atoms with Gasteiger partial charge in [-0.2, -0.15) is 0 Å². The number of carbonyl (C=O) groups excluding carboxylic acids is 1. The van der Waals surface area contributed by atoms with E-state index in [0.29, 0.717) is 6.54 Å². The number of halogens is 1. The van der Waals surface area contributed by atoms with Crippen molar-refractivity contribution in [2.45, 2.75) is 19.4 Å². The highest BCUT2D eigenvalue weighted by molar-refractivity contribution is 5.85. The number of nitrogens with two attached hydrogens (primary N) is 1. The maximum absolute atomic E-state index is 11.4. The van der Waals surface area contributed by atoms with Crippen LogP contribution < -0.4 is 16.4 Å². The average molecular weight is 208 g/mol. The van der Waals surface area contributed by atoms with Crippen LogP contribution in [0.4, 0.5) is 0 Å². The molecule has 4 N–H and O–H groups in total. The maximum atomic E-state index is 11.4. The third kappa shape index (κ3) is 3.93. The van der Waals surface area contributed by atoms with Crippen molar-refractivity contribution in [1.82, 2.24) is 10.6 Å². The monoisotopic (exact) mass is 207 g/mol. The molecule has 1 fully saturated rings. The second kappa shape index (κ2) is 6.18. The Labute approximate surface area is 85.0 Å². The SMILES string of the molecule is C[C@H](CN)NC(=O)C1CCNC1.Cl. The quantitative estimate of drug-likeness (QED) is 0.584. The van der Waals surface area contributed by atoms with Gasteiger partial charge in [-0.3, -0.25) is 4.79 Å². The molecule has 1 saturated heterocycles. The maximum Gasteiger partial charge on any atom is 0.224 e. The normalized spacial score (nSPS) is 23.4. The van der Waals surface area contributed by atoms with Crippen molar-refractivity contribution in [3.05, 3.63) is 0 Å². The van der Waals surface area contributed by atoms with Gasteiger partial charge in [0.2, 0.25) is 5.91 Å². The van der Waals surface area contributed by atoms with E-state index in [1.54, 1.807) is 0 Å². The van der Waals surface area contributed by atoms with Gasteiger partial charge in [0, 0.05) is 19.1 Å². The summed E-state index contributed by atoms with van der Waals surface area (Å²) in [6.07, 6.45) is 0.948. The Morgan fingerprint density at radius 3 is 2.92 bits per heavy atom. The Morgan fingerprint density at radius 1 is 1.77 bits per heavy atom. The molecule has 0 aromatic carbocycles. The van der Waals surface area contributed by atoms with Gasteiger partial charge in [0.25, 0.3) is 0 Å². The summed E-state index contributed by atoms with van der Waals surface area (Å²) in [7, 11) is 0. The molecule has 1 unspecified atom stereocenters. The van der Waals surface area contributed by atoms with E-state index in [9.17, 15) is 4.79 Å². The molecule has 0 spiro atoms. The molecule has 1 heterocycles. The van der Waals surface area contributed by atoms with Gasteiger partial charge >= 0.3 is 0 Å². The summed E-state index contributed by atoms with van der Waals surface area (Å²) >= 11 is 0. The van der Waals surface area contributed by atoms with Crippen LogP contribution in [0.3, 0.4) is 0 Å². The zero-order valence-electron chi connectivity index (χ0n) is 7.88. The third-order valence-electron chi connectivity index (χ3n) is 2.17. The summed E-state index contributed by atoms with van der Waals surface area (Å²) < 4.78 is 0. The van der Waals surface area contributed by atoms with E-state index in [-0.39, 0.29) is 30.3 Å². The lowest BCUT2D eigenvalue weighted by Crippen LogP contribution is -2.41. The summed E-state index contributed by atoms with van der Waals surface area (Å²) in [5, 5.41) is 6.02. The predicted octanol–water partition coefficient (Wildman–Crippen LogP) is -0.519. The molecule has 5 heteroatoms. The van der Waals surface area contributed by atoms with Gasteiger partial charge < -0.3 is 16.4 Å². The summed E-state index contributed by atoms with van der Waals surface area (Å²) in [5.41, 5.74) is 5.39. The molecule has 1 aliphatic heterocycles. The van der Waals surface area contributed by atoms with E-state index >= 15 is 0 Å². The van der Waals surface area contributed by atoms with Crippen LogP contribution in [0.1, 0.15) is 13.3 Å². The van der Waals surface area contributed by atoms with Gasteiger partial charge in [-0.15, -0.1) is 12.4 Å². The third-order valence-corrected chi connectivity index (χ3v) is 2.17. The van der Waals surface area contributed by atoms with Crippen molar-refractivity contribution in [1.29, 1.82) is 0 Å².